The number of anilines is 3. The van der Waals surface area contributed by atoms with Crippen LogP contribution in [0.3, 0.4) is 0 Å². The van der Waals surface area contributed by atoms with Crippen LogP contribution in [0.1, 0.15) is 40.2 Å². The fourth-order valence-electron chi connectivity index (χ4n) is 3.78. The van der Waals surface area contributed by atoms with Crippen molar-refractivity contribution in [1.82, 2.24) is 15.3 Å². The topological polar surface area (TPSA) is 122 Å². The number of rotatable bonds is 5. The molecule has 11 heteroatoms. The molecule has 6 N–H and O–H groups in total. The number of halogens is 3. The van der Waals surface area contributed by atoms with Crippen LogP contribution in [0.2, 0.25) is 0 Å². The van der Waals surface area contributed by atoms with Crippen LogP contribution in [0.4, 0.5) is 30.6 Å². The number of nitrogens with zero attached hydrogens (tertiary/aromatic N) is 3. The van der Waals surface area contributed by atoms with E-state index in [2.05, 4.69) is 20.6 Å². The summed E-state index contributed by atoms with van der Waals surface area (Å²) in [5.74, 6) is -0.374. The Kier molecular flexibility index (Phi) is 5.71. The zero-order valence-corrected chi connectivity index (χ0v) is 16.7. The first-order chi connectivity index (χ1) is 14.7. The van der Waals surface area contributed by atoms with Gasteiger partial charge in [0.15, 0.2) is 0 Å². The van der Waals surface area contributed by atoms with Crippen LogP contribution in [0.25, 0.3) is 0 Å². The second-order valence-electron chi connectivity index (χ2n) is 7.97. The van der Waals surface area contributed by atoms with E-state index in [1.165, 1.54) is 6.20 Å². The number of primary amides is 1. The minimum atomic E-state index is -4.50. The van der Waals surface area contributed by atoms with E-state index >= 15 is 0 Å². The van der Waals surface area contributed by atoms with Crippen LogP contribution in [-0.2, 0) is 6.18 Å². The molecular weight excluding hydrogens is 411 g/mol. The third kappa shape index (κ3) is 4.72. The van der Waals surface area contributed by atoms with Crippen molar-refractivity contribution in [2.45, 2.75) is 31.0 Å². The normalized spacial score (nSPS) is 19.7. The number of amides is 1. The maximum absolute atomic E-state index is 13.5. The molecule has 2 aliphatic heterocycles. The highest BCUT2D eigenvalue weighted by molar-refractivity contribution is 5.98. The van der Waals surface area contributed by atoms with Crippen LogP contribution < -0.4 is 27.0 Å². The van der Waals surface area contributed by atoms with Gasteiger partial charge in [0.05, 0.1) is 5.56 Å². The molecule has 1 amide bonds. The van der Waals surface area contributed by atoms with Gasteiger partial charge >= 0.3 is 6.18 Å². The van der Waals surface area contributed by atoms with Crippen molar-refractivity contribution in [1.29, 1.82) is 0 Å². The maximum Gasteiger partial charge on any atom is 0.416 e. The van der Waals surface area contributed by atoms with Crippen LogP contribution in [0.15, 0.2) is 24.4 Å². The maximum atomic E-state index is 13.5. The van der Waals surface area contributed by atoms with Crippen molar-refractivity contribution in [2.24, 2.45) is 11.5 Å². The molecule has 1 atom stereocenters. The molecule has 4 rings (SSSR count). The smallest absolute Gasteiger partial charge is 0.365 e. The Hall–Kier alpha value is -2.92. The van der Waals surface area contributed by atoms with Crippen molar-refractivity contribution < 1.29 is 18.0 Å². The molecule has 0 radical (unpaired) electrons. The zero-order valence-electron chi connectivity index (χ0n) is 16.7. The van der Waals surface area contributed by atoms with Gasteiger partial charge in [-0.25, -0.2) is 4.98 Å². The van der Waals surface area contributed by atoms with Crippen molar-refractivity contribution in [2.75, 3.05) is 36.4 Å². The fraction of sp³-hybridized carbons (Fsp3) is 0.450. The van der Waals surface area contributed by atoms with Gasteiger partial charge in [0.2, 0.25) is 5.95 Å². The van der Waals surface area contributed by atoms with Gasteiger partial charge in [0.25, 0.3) is 5.91 Å². The largest absolute Gasteiger partial charge is 0.416 e. The lowest BCUT2D eigenvalue weighted by Gasteiger charge is -2.31. The number of hydrogen-bond acceptors (Lipinski definition) is 7. The first kappa shape index (κ1) is 21.3. The molecule has 3 heterocycles. The van der Waals surface area contributed by atoms with E-state index < -0.39 is 17.6 Å². The zero-order chi connectivity index (χ0) is 22.2. The quantitative estimate of drug-likeness (QED) is 0.566. The van der Waals surface area contributed by atoms with Crippen molar-refractivity contribution in [3.8, 4) is 0 Å². The minimum absolute atomic E-state index is 0.00525. The van der Waals surface area contributed by atoms with Crippen molar-refractivity contribution in [3.05, 3.63) is 41.1 Å². The molecule has 0 saturated carbocycles. The van der Waals surface area contributed by atoms with Gasteiger partial charge < -0.3 is 27.0 Å². The Morgan fingerprint density at radius 3 is 2.65 bits per heavy atom. The number of nitrogens with two attached hydrogens (primary N) is 2. The summed E-state index contributed by atoms with van der Waals surface area (Å²) in [6.07, 6.45) is -1.45. The highest BCUT2D eigenvalue weighted by Crippen LogP contribution is 2.35. The second-order valence-corrected chi connectivity index (χ2v) is 7.97. The van der Waals surface area contributed by atoms with Crippen LogP contribution in [0, 0.1) is 0 Å². The molecule has 0 bridgehead atoms. The van der Waals surface area contributed by atoms with E-state index in [1.54, 1.807) is 6.07 Å². The van der Waals surface area contributed by atoms with Gasteiger partial charge in [0, 0.05) is 50.0 Å². The van der Waals surface area contributed by atoms with Gasteiger partial charge in [-0.1, -0.05) is 0 Å². The SMILES string of the molecule is NC(=O)c1cnc(N2CCCC(N)C2)nc1Nc1cc(C2CNC2)cc(C(F)(F)F)c1. The number of carbonyl (C=O) groups is 1. The standard InChI is InChI=1S/C20H24F3N7O/c21-20(22,23)13-4-11(12-7-26-8-12)5-15(6-13)28-18-16(17(25)31)9-27-19(29-18)30-3-1-2-14(24)10-30/h4-6,9,12,14,26H,1-3,7-8,10,24H2,(H2,25,31)(H,27,28,29). The van der Waals surface area contributed by atoms with Crippen molar-refractivity contribution >= 4 is 23.4 Å². The van der Waals surface area contributed by atoms with Crippen LogP contribution in [-0.4, -0.2) is 48.1 Å². The Labute approximate surface area is 177 Å². The molecule has 166 valence electrons. The van der Waals surface area contributed by atoms with Gasteiger partial charge in [-0.3, -0.25) is 4.79 Å². The highest BCUT2D eigenvalue weighted by Gasteiger charge is 2.33. The fourth-order valence-corrected chi connectivity index (χ4v) is 3.78. The number of alkyl halides is 3. The van der Waals surface area contributed by atoms with Gasteiger partial charge in [-0.2, -0.15) is 18.2 Å². The first-order valence-corrected chi connectivity index (χ1v) is 10.1. The summed E-state index contributed by atoms with van der Waals surface area (Å²) in [5, 5.41) is 5.93. The summed E-state index contributed by atoms with van der Waals surface area (Å²) in [5.41, 5.74) is 11.4. The Morgan fingerprint density at radius 2 is 2.03 bits per heavy atom. The molecule has 0 spiro atoms. The van der Waals surface area contributed by atoms with E-state index in [-0.39, 0.29) is 29.0 Å². The number of nitrogens with one attached hydrogen (secondary N) is 2. The molecule has 31 heavy (non-hydrogen) atoms. The summed E-state index contributed by atoms with van der Waals surface area (Å²) >= 11 is 0. The molecule has 1 aromatic carbocycles. The second kappa shape index (κ2) is 8.31. The number of benzene rings is 1. The molecule has 0 aliphatic carbocycles. The van der Waals surface area contributed by atoms with E-state index in [9.17, 15) is 18.0 Å². The Morgan fingerprint density at radius 1 is 1.26 bits per heavy atom. The predicted molar refractivity (Wildman–Crippen MR) is 110 cm³/mol. The van der Waals surface area contributed by atoms with Crippen LogP contribution >= 0.6 is 0 Å². The third-order valence-electron chi connectivity index (χ3n) is 5.58. The molecule has 2 aliphatic rings. The Bertz CT molecular complexity index is 978. The van der Waals surface area contributed by atoms with E-state index in [0.717, 1.165) is 25.0 Å². The number of piperidine rings is 1. The predicted octanol–water partition coefficient (Wildman–Crippen LogP) is 1.95. The summed E-state index contributed by atoms with van der Waals surface area (Å²) in [6, 6.07) is 3.78. The third-order valence-corrected chi connectivity index (χ3v) is 5.58. The Balaban J connectivity index is 1.70. The molecule has 1 unspecified atom stereocenters. The van der Waals surface area contributed by atoms with E-state index in [1.807, 2.05) is 4.90 Å². The monoisotopic (exact) mass is 435 g/mol. The van der Waals surface area contributed by atoms with Gasteiger partial charge in [-0.15, -0.1) is 0 Å². The van der Waals surface area contributed by atoms with E-state index in [0.29, 0.717) is 37.7 Å². The number of carbonyl (C=O) groups excluding carboxylic acids is 1. The highest BCUT2D eigenvalue weighted by atomic mass is 19.4. The lowest BCUT2D eigenvalue weighted by molar-refractivity contribution is -0.137. The number of aromatic nitrogens is 2. The summed E-state index contributed by atoms with van der Waals surface area (Å²) < 4.78 is 40.4. The average molecular weight is 435 g/mol. The lowest BCUT2D eigenvalue weighted by atomic mass is 9.92. The number of hydrogen-bond donors (Lipinski definition) is 4. The molecule has 2 fully saturated rings. The van der Waals surface area contributed by atoms with E-state index in [4.69, 9.17) is 11.5 Å². The average Bonchev–Trinajstić information content (AvgIpc) is 2.65. The molecule has 2 aromatic rings. The first-order valence-electron chi connectivity index (χ1n) is 10.1. The molecule has 1 aromatic heterocycles. The molecular formula is C20H24F3N7O. The van der Waals surface area contributed by atoms with Crippen LogP contribution in [0.5, 0.6) is 0 Å². The van der Waals surface area contributed by atoms with Gasteiger partial charge in [0.1, 0.15) is 11.4 Å². The minimum Gasteiger partial charge on any atom is -0.365 e. The summed E-state index contributed by atoms with van der Waals surface area (Å²) in [6.45, 7) is 2.48. The van der Waals surface area contributed by atoms with Gasteiger partial charge in [-0.05, 0) is 36.6 Å². The molecule has 8 nitrogen and oxygen atoms in total. The summed E-state index contributed by atoms with van der Waals surface area (Å²) in [4.78, 5) is 22.4. The summed E-state index contributed by atoms with van der Waals surface area (Å²) in [7, 11) is 0. The molecule has 2 saturated heterocycles. The van der Waals surface area contributed by atoms with Crippen molar-refractivity contribution in [3.63, 3.8) is 0 Å². The lowest BCUT2D eigenvalue weighted by Crippen LogP contribution is -2.43.